The molecule has 0 spiro atoms. The van der Waals surface area contributed by atoms with Crippen molar-refractivity contribution < 1.29 is 4.42 Å². The standard InChI is InChI=1S/C20H16N4O/c1-14-11-12-16(25-14)13-21-24-20-22-18-10-6-5-9-17(18)19(23-20)15-7-3-2-4-8-15/h2-13H,1H3,(H,22,23,24). The van der Waals surface area contributed by atoms with Gasteiger partial charge in [-0.15, -0.1) is 0 Å². The number of hydrogen-bond donors (Lipinski definition) is 1. The summed E-state index contributed by atoms with van der Waals surface area (Å²) in [4.78, 5) is 9.17. The second-order valence-corrected chi connectivity index (χ2v) is 5.60. The maximum Gasteiger partial charge on any atom is 0.244 e. The molecule has 2 aromatic carbocycles. The van der Waals surface area contributed by atoms with Gasteiger partial charge in [0.25, 0.3) is 0 Å². The lowest BCUT2D eigenvalue weighted by atomic mass is 10.1. The number of para-hydroxylation sites is 1. The Morgan fingerprint density at radius 2 is 1.72 bits per heavy atom. The Labute approximate surface area is 145 Å². The molecule has 2 heterocycles. The van der Waals surface area contributed by atoms with Gasteiger partial charge < -0.3 is 4.42 Å². The number of fused-ring (bicyclic) bond motifs is 1. The molecule has 0 bridgehead atoms. The van der Waals surface area contributed by atoms with Gasteiger partial charge >= 0.3 is 0 Å². The molecular weight excluding hydrogens is 312 g/mol. The summed E-state index contributed by atoms with van der Waals surface area (Å²) >= 11 is 0. The van der Waals surface area contributed by atoms with E-state index in [0.717, 1.165) is 27.9 Å². The number of benzene rings is 2. The molecule has 0 aliphatic heterocycles. The van der Waals surface area contributed by atoms with Crippen LogP contribution in [0.2, 0.25) is 0 Å². The van der Waals surface area contributed by atoms with Crippen molar-refractivity contribution in [1.29, 1.82) is 0 Å². The van der Waals surface area contributed by atoms with Crippen molar-refractivity contribution in [3.05, 3.63) is 78.3 Å². The van der Waals surface area contributed by atoms with Crippen LogP contribution in [0.1, 0.15) is 11.5 Å². The Kier molecular flexibility index (Phi) is 3.96. The van der Waals surface area contributed by atoms with E-state index in [9.17, 15) is 0 Å². The highest BCUT2D eigenvalue weighted by molar-refractivity contribution is 5.93. The molecule has 25 heavy (non-hydrogen) atoms. The maximum atomic E-state index is 5.45. The Balaban J connectivity index is 1.71. The third-order valence-corrected chi connectivity index (χ3v) is 3.77. The first-order valence-electron chi connectivity index (χ1n) is 7.97. The molecule has 5 nitrogen and oxygen atoms in total. The first-order chi connectivity index (χ1) is 12.3. The van der Waals surface area contributed by atoms with Gasteiger partial charge in [0.1, 0.15) is 11.5 Å². The first-order valence-corrected chi connectivity index (χ1v) is 7.97. The molecule has 0 unspecified atom stereocenters. The molecule has 122 valence electrons. The van der Waals surface area contributed by atoms with Crippen LogP contribution < -0.4 is 5.43 Å². The highest BCUT2D eigenvalue weighted by Gasteiger charge is 2.09. The zero-order chi connectivity index (χ0) is 17.1. The fourth-order valence-corrected chi connectivity index (χ4v) is 2.62. The van der Waals surface area contributed by atoms with Gasteiger partial charge in [-0.2, -0.15) is 5.10 Å². The van der Waals surface area contributed by atoms with E-state index in [4.69, 9.17) is 4.42 Å². The highest BCUT2D eigenvalue weighted by Crippen LogP contribution is 2.26. The number of nitrogens with one attached hydrogen (secondary N) is 1. The van der Waals surface area contributed by atoms with Crippen molar-refractivity contribution in [2.24, 2.45) is 5.10 Å². The number of furan rings is 1. The van der Waals surface area contributed by atoms with Crippen LogP contribution in [-0.4, -0.2) is 16.2 Å². The van der Waals surface area contributed by atoms with Crippen molar-refractivity contribution >= 4 is 23.1 Å². The molecule has 0 saturated heterocycles. The second-order valence-electron chi connectivity index (χ2n) is 5.60. The minimum atomic E-state index is 0.442. The second kappa shape index (κ2) is 6.57. The fourth-order valence-electron chi connectivity index (χ4n) is 2.62. The van der Waals surface area contributed by atoms with Gasteiger partial charge in [-0.1, -0.05) is 48.5 Å². The van der Waals surface area contributed by atoms with E-state index in [1.165, 1.54) is 0 Å². The third kappa shape index (κ3) is 3.26. The minimum Gasteiger partial charge on any atom is -0.460 e. The van der Waals surface area contributed by atoms with Crippen LogP contribution in [0.5, 0.6) is 0 Å². The average molecular weight is 328 g/mol. The largest absolute Gasteiger partial charge is 0.460 e. The van der Waals surface area contributed by atoms with Crippen LogP contribution in [0.15, 0.2) is 76.2 Å². The van der Waals surface area contributed by atoms with Crippen LogP contribution in [0, 0.1) is 6.92 Å². The van der Waals surface area contributed by atoms with E-state index in [1.807, 2.05) is 73.7 Å². The Morgan fingerprint density at radius 1 is 0.920 bits per heavy atom. The van der Waals surface area contributed by atoms with Crippen molar-refractivity contribution in [1.82, 2.24) is 9.97 Å². The number of hydrogen-bond acceptors (Lipinski definition) is 5. The Hall–Kier alpha value is -3.47. The molecule has 0 radical (unpaired) electrons. The van der Waals surface area contributed by atoms with Crippen molar-refractivity contribution in [2.45, 2.75) is 6.92 Å². The lowest BCUT2D eigenvalue weighted by Crippen LogP contribution is -1.99. The van der Waals surface area contributed by atoms with Crippen LogP contribution in [0.3, 0.4) is 0 Å². The molecule has 0 aliphatic rings. The summed E-state index contributed by atoms with van der Waals surface area (Å²) in [6.07, 6.45) is 1.60. The summed E-state index contributed by atoms with van der Waals surface area (Å²) in [5.41, 5.74) is 5.67. The quantitative estimate of drug-likeness (QED) is 0.438. The Morgan fingerprint density at radius 3 is 2.52 bits per heavy atom. The van der Waals surface area contributed by atoms with E-state index in [1.54, 1.807) is 6.21 Å². The summed E-state index contributed by atoms with van der Waals surface area (Å²) in [7, 11) is 0. The fraction of sp³-hybridized carbons (Fsp3) is 0.0500. The smallest absolute Gasteiger partial charge is 0.244 e. The number of nitrogens with zero attached hydrogens (tertiary/aromatic N) is 3. The van der Waals surface area contributed by atoms with Crippen molar-refractivity contribution in [3.8, 4) is 11.3 Å². The van der Waals surface area contributed by atoms with Crippen molar-refractivity contribution in [3.63, 3.8) is 0 Å². The van der Waals surface area contributed by atoms with Gasteiger partial charge in [-0.25, -0.2) is 15.4 Å². The lowest BCUT2D eigenvalue weighted by molar-refractivity contribution is 0.528. The van der Waals surface area contributed by atoms with E-state index < -0.39 is 0 Å². The number of rotatable bonds is 4. The van der Waals surface area contributed by atoms with Crippen LogP contribution >= 0.6 is 0 Å². The molecule has 0 atom stereocenters. The summed E-state index contributed by atoms with van der Waals surface area (Å²) in [5.74, 6) is 1.96. The van der Waals surface area contributed by atoms with Gasteiger partial charge in [0.15, 0.2) is 0 Å². The number of aryl methyl sites for hydroxylation is 1. The Bertz CT molecular complexity index is 1040. The molecule has 2 aromatic heterocycles. The molecule has 5 heteroatoms. The lowest BCUT2D eigenvalue weighted by Gasteiger charge is -2.08. The molecule has 4 aromatic rings. The molecular formula is C20H16N4O. The summed E-state index contributed by atoms with van der Waals surface area (Å²) in [5, 5.41) is 5.18. The minimum absolute atomic E-state index is 0.442. The van der Waals surface area contributed by atoms with Gasteiger partial charge in [0.2, 0.25) is 5.95 Å². The number of anilines is 1. The first kappa shape index (κ1) is 15.1. The number of hydrazone groups is 1. The van der Waals surface area contributed by atoms with E-state index in [2.05, 4.69) is 20.5 Å². The predicted molar refractivity (Wildman–Crippen MR) is 99.6 cm³/mol. The molecule has 1 N–H and O–H groups in total. The van der Waals surface area contributed by atoms with E-state index >= 15 is 0 Å². The van der Waals surface area contributed by atoms with Gasteiger partial charge in [0, 0.05) is 10.9 Å². The monoisotopic (exact) mass is 328 g/mol. The zero-order valence-corrected chi connectivity index (χ0v) is 13.7. The van der Waals surface area contributed by atoms with Gasteiger partial charge in [0.05, 0.1) is 17.4 Å². The third-order valence-electron chi connectivity index (χ3n) is 3.77. The molecule has 0 amide bonds. The van der Waals surface area contributed by atoms with Crippen LogP contribution in [0.25, 0.3) is 22.2 Å². The van der Waals surface area contributed by atoms with Gasteiger partial charge in [-0.3, -0.25) is 0 Å². The van der Waals surface area contributed by atoms with Gasteiger partial charge in [-0.05, 0) is 25.1 Å². The summed E-state index contributed by atoms with van der Waals surface area (Å²) in [6.45, 7) is 1.89. The maximum absolute atomic E-state index is 5.45. The summed E-state index contributed by atoms with van der Waals surface area (Å²) in [6, 6.07) is 21.7. The summed E-state index contributed by atoms with van der Waals surface area (Å²) < 4.78 is 5.45. The van der Waals surface area contributed by atoms with E-state index in [0.29, 0.717) is 11.7 Å². The van der Waals surface area contributed by atoms with E-state index in [-0.39, 0.29) is 0 Å². The number of aromatic nitrogens is 2. The highest BCUT2D eigenvalue weighted by atomic mass is 16.3. The van der Waals surface area contributed by atoms with Crippen molar-refractivity contribution in [2.75, 3.05) is 5.43 Å². The van der Waals surface area contributed by atoms with Crippen LogP contribution in [0.4, 0.5) is 5.95 Å². The topological polar surface area (TPSA) is 63.3 Å². The zero-order valence-electron chi connectivity index (χ0n) is 13.7. The normalized spacial score (nSPS) is 11.2. The SMILES string of the molecule is Cc1ccc(C=NNc2nc(-c3ccccc3)c3ccccc3n2)o1. The predicted octanol–water partition coefficient (Wildman–Crippen LogP) is 4.64. The van der Waals surface area contributed by atoms with Crippen LogP contribution in [-0.2, 0) is 0 Å². The molecule has 0 saturated carbocycles. The molecule has 0 aliphatic carbocycles. The average Bonchev–Trinajstić information content (AvgIpc) is 3.07. The molecule has 0 fully saturated rings. The molecule has 4 rings (SSSR count).